The lowest BCUT2D eigenvalue weighted by atomic mass is 10.3. The zero-order valence-corrected chi connectivity index (χ0v) is 30.9. The molecule has 4 aromatic rings. The number of anilines is 3. The fourth-order valence-corrected chi connectivity index (χ4v) is 4.97. The average molecular weight is 759 g/mol. The van der Waals surface area contributed by atoms with E-state index >= 15 is 0 Å². The minimum Gasteiger partial charge on any atom is -0.351 e. The number of likely N-dealkylation sites (N-methyl/N-ethyl adjacent to an activating group) is 1. The van der Waals surface area contributed by atoms with Crippen LogP contribution >= 0.6 is 0 Å². The fraction of sp³-hybridized carbons (Fsp3) is 0.294. The fourth-order valence-electron chi connectivity index (χ4n) is 4.97. The van der Waals surface area contributed by atoms with Crippen molar-refractivity contribution < 1.29 is 33.6 Å². The highest BCUT2D eigenvalue weighted by Crippen LogP contribution is 2.16. The molecule has 0 aromatic carbocycles. The van der Waals surface area contributed by atoms with E-state index in [1.165, 1.54) is 60.2 Å². The van der Waals surface area contributed by atoms with Crippen LogP contribution in [0.1, 0.15) is 61.6 Å². The molecule has 4 rings (SSSR count). The summed E-state index contributed by atoms with van der Waals surface area (Å²) in [6.07, 6.45) is 11.1. The molecule has 0 spiro atoms. The molecule has 0 fully saturated rings. The highest BCUT2D eigenvalue weighted by atomic mass is 16.2. The van der Waals surface area contributed by atoms with Gasteiger partial charge in [-0.1, -0.05) is 6.58 Å². The number of hydrogen-bond donors (Lipinski definition) is 6. The molecule has 0 bridgehead atoms. The molecule has 290 valence electrons. The molecule has 0 atom stereocenters. The number of aromatic nitrogens is 7. The summed E-state index contributed by atoms with van der Waals surface area (Å²) in [6.45, 7) is 3.78. The third kappa shape index (κ3) is 10.8. The van der Waals surface area contributed by atoms with E-state index in [2.05, 4.69) is 53.4 Å². The molecule has 21 nitrogen and oxygen atoms in total. The number of carbonyl (C=O) groups is 7. The van der Waals surface area contributed by atoms with Crippen LogP contribution in [0.4, 0.5) is 17.3 Å². The second-order valence-electron chi connectivity index (χ2n) is 12.1. The summed E-state index contributed by atoms with van der Waals surface area (Å²) >= 11 is 0. The van der Waals surface area contributed by atoms with Crippen LogP contribution < -0.4 is 31.9 Å². The van der Waals surface area contributed by atoms with Gasteiger partial charge >= 0.3 is 0 Å². The molecule has 21 heteroatoms. The van der Waals surface area contributed by atoms with Crippen LogP contribution in [-0.4, -0.2) is 100.0 Å². The lowest BCUT2D eigenvalue weighted by Crippen LogP contribution is -2.34. The highest BCUT2D eigenvalue weighted by molar-refractivity contribution is 6.04. The van der Waals surface area contributed by atoms with Gasteiger partial charge in [-0.05, 0) is 18.7 Å². The van der Waals surface area contributed by atoms with Crippen LogP contribution in [0, 0.1) is 0 Å². The van der Waals surface area contributed by atoms with Gasteiger partial charge in [-0.3, -0.25) is 33.6 Å². The average Bonchev–Trinajstić information content (AvgIpc) is 3.92. The number of aryl methyl sites for hydroxylation is 4. The van der Waals surface area contributed by atoms with Gasteiger partial charge in [-0.25, -0.2) is 15.0 Å². The molecule has 0 aliphatic rings. The summed E-state index contributed by atoms with van der Waals surface area (Å²) in [7, 11) is 8.05. The van der Waals surface area contributed by atoms with Crippen molar-refractivity contribution in [2.75, 3.05) is 36.1 Å². The first-order valence-corrected chi connectivity index (χ1v) is 16.7. The third-order valence-corrected chi connectivity index (χ3v) is 7.88. The van der Waals surface area contributed by atoms with Gasteiger partial charge in [0.05, 0.1) is 5.69 Å². The molecule has 0 unspecified atom stereocenters. The van der Waals surface area contributed by atoms with Crippen molar-refractivity contribution in [1.29, 1.82) is 0 Å². The van der Waals surface area contributed by atoms with Gasteiger partial charge in [0.1, 0.15) is 11.4 Å². The van der Waals surface area contributed by atoms with E-state index in [9.17, 15) is 33.6 Å². The number of imidazole rings is 3. The van der Waals surface area contributed by atoms with Crippen molar-refractivity contribution in [2.24, 2.45) is 28.2 Å². The molecule has 0 aliphatic heterocycles. The number of aldehydes is 1. The molecule has 4 heterocycles. The van der Waals surface area contributed by atoms with E-state index in [-0.39, 0.29) is 72.3 Å². The van der Waals surface area contributed by atoms with Crippen molar-refractivity contribution in [3.8, 4) is 0 Å². The quantitative estimate of drug-likeness (QED) is 0.0455. The van der Waals surface area contributed by atoms with Gasteiger partial charge in [0, 0.05) is 98.4 Å². The Kier molecular flexibility index (Phi) is 13.6. The van der Waals surface area contributed by atoms with E-state index in [1.54, 1.807) is 47.6 Å². The van der Waals surface area contributed by atoms with E-state index in [0.717, 1.165) is 0 Å². The topological polar surface area (TPSA) is 253 Å². The number of nitrogens with zero attached hydrogens (tertiary/aromatic N) is 8. The van der Waals surface area contributed by atoms with Gasteiger partial charge in [0.25, 0.3) is 23.6 Å². The Bertz CT molecular complexity index is 2140. The van der Waals surface area contributed by atoms with E-state index < -0.39 is 29.5 Å². The van der Waals surface area contributed by atoms with Gasteiger partial charge in [-0.15, -0.1) is 0 Å². The standard InChI is InChI=1S/C34H42N14O7/c1-7-44(2)23(16-38-33(54)29-35-13-14-45(29)3)32(53)37-12-10-28(51)42-25-19-48(6)30(43-25)34(55)39-21-15-22(46(4)17-21)31(52)36-11-8-9-27(50)41-24-18-47(5)26(20-49)40-24/h7,13-20H,1,8-12H2,2-6H3,(H,36,52)(H,37,53)(H,38,54)(H,39,55)(H,41,50)(H,42,51)/b23-16-. The molecule has 0 saturated heterocycles. The van der Waals surface area contributed by atoms with Crippen molar-refractivity contribution >= 4 is 59.1 Å². The van der Waals surface area contributed by atoms with Crippen LogP contribution in [0.15, 0.2) is 61.7 Å². The molecule has 0 aliphatic carbocycles. The summed E-state index contributed by atoms with van der Waals surface area (Å²) in [4.78, 5) is 100. The monoisotopic (exact) mass is 758 g/mol. The van der Waals surface area contributed by atoms with E-state index in [1.807, 2.05) is 0 Å². The van der Waals surface area contributed by atoms with Gasteiger partial charge in [0.15, 0.2) is 29.6 Å². The lowest BCUT2D eigenvalue weighted by molar-refractivity contribution is -0.119. The van der Waals surface area contributed by atoms with Crippen molar-refractivity contribution in [3.05, 3.63) is 84.9 Å². The van der Waals surface area contributed by atoms with E-state index in [0.29, 0.717) is 18.4 Å². The van der Waals surface area contributed by atoms with Gasteiger partial charge in [-0.2, -0.15) is 0 Å². The molecule has 55 heavy (non-hydrogen) atoms. The first-order valence-electron chi connectivity index (χ1n) is 16.7. The minimum atomic E-state index is -0.604. The Morgan fingerprint density at radius 3 is 2.13 bits per heavy atom. The van der Waals surface area contributed by atoms with Crippen LogP contribution in [0.25, 0.3) is 0 Å². The maximum absolute atomic E-state index is 13.1. The Morgan fingerprint density at radius 1 is 0.782 bits per heavy atom. The number of hydrogen-bond acceptors (Lipinski definition) is 11. The van der Waals surface area contributed by atoms with Gasteiger partial charge < -0.3 is 55.1 Å². The molecular formula is C34H42N14O7. The summed E-state index contributed by atoms with van der Waals surface area (Å²) < 4.78 is 5.95. The summed E-state index contributed by atoms with van der Waals surface area (Å²) in [5, 5.41) is 15.7. The Balaban J connectivity index is 1.22. The smallest absolute Gasteiger partial charge is 0.291 e. The van der Waals surface area contributed by atoms with Crippen molar-refractivity contribution in [2.45, 2.75) is 19.3 Å². The summed E-state index contributed by atoms with van der Waals surface area (Å²) in [5.74, 6) is -2.30. The molecule has 6 amide bonds. The zero-order valence-electron chi connectivity index (χ0n) is 30.9. The molecule has 0 saturated carbocycles. The van der Waals surface area contributed by atoms with Crippen molar-refractivity contribution in [3.63, 3.8) is 0 Å². The second kappa shape index (κ2) is 18.4. The Hall–Kier alpha value is -7.32. The maximum atomic E-state index is 13.1. The van der Waals surface area contributed by atoms with Crippen LogP contribution in [0.5, 0.6) is 0 Å². The molecule has 4 aromatic heterocycles. The predicted molar refractivity (Wildman–Crippen MR) is 198 cm³/mol. The summed E-state index contributed by atoms with van der Waals surface area (Å²) in [6, 6.07) is 1.48. The number of carbonyl (C=O) groups excluding carboxylic acids is 7. The van der Waals surface area contributed by atoms with Crippen LogP contribution in [-0.2, 0) is 42.6 Å². The molecular weight excluding hydrogens is 716 g/mol. The number of nitrogens with one attached hydrogen (secondary N) is 6. The first kappa shape index (κ1) is 40.5. The van der Waals surface area contributed by atoms with Gasteiger partial charge in [0.2, 0.25) is 17.6 Å². The molecule has 6 N–H and O–H groups in total. The van der Waals surface area contributed by atoms with Crippen LogP contribution in [0.2, 0.25) is 0 Å². The third-order valence-electron chi connectivity index (χ3n) is 7.88. The Labute approximate surface area is 314 Å². The second-order valence-corrected chi connectivity index (χ2v) is 12.1. The first-order chi connectivity index (χ1) is 26.2. The largest absolute Gasteiger partial charge is 0.351 e. The normalized spacial score (nSPS) is 11.0. The van der Waals surface area contributed by atoms with Crippen LogP contribution in [0.3, 0.4) is 0 Å². The minimum absolute atomic E-state index is 0.0281. The van der Waals surface area contributed by atoms with Crippen molar-refractivity contribution in [1.82, 2.24) is 54.1 Å². The van der Waals surface area contributed by atoms with E-state index in [4.69, 9.17) is 0 Å². The number of amides is 6. The summed E-state index contributed by atoms with van der Waals surface area (Å²) in [5.41, 5.74) is 0.626. The highest BCUT2D eigenvalue weighted by Gasteiger charge is 2.20. The SMILES string of the molecule is C=CN(C)/C(=C\NC(=O)c1nccn1C)C(=O)NCCC(=O)Nc1cn(C)c(C(=O)Nc2cc(C(=O)NCCCC(=O)Nc3cn(C)c(C=O)n3)n(C)c2)n1. The zero-order chi connectivity index (χ0) is 40.2. The lowest BCUT2D eigenvalue weighted by Gasteiger charge is -2.17. The Morgan fingerprint density at radius 2 is 1.47 bits per heavy atom. The predicted octanol–water partition coefficient (Wildman–Crippen LogP) is 0.231. The molecule has 0 radical (unpaired) electrons. The maximum Gasteiger partial charge on any atom is 0.291 e. The number of rotatable bonds is 18.